The number of thiazole rings is 1. The minimum atomic E-state index is -3.35. The third kappa shape index (κ3) is 9.00. The molecule has 0 aliphatic carbocycles. The Morgan fingerprint density at radius 3 is 2.93 bits per heavy atom. The lowest BCUT2D eigenvalue weighted by Crippen LogP contribution is -2.39. The predicted octanol–water partition coefficient (Wildman–Crippen LogP) is 1.04. The third-order valence-electron chi connectivity index (χ3n) is 4.12. The number of sulfonamides is 1. The Morgan fingerprint density at radius 2 is 2.26 bits per heavy atom. The van der Waals surface area contributed by atoms with E-state index in [9.17, 15) is 8.42 Å². The summed E-state index contributed by atoms with van der Waals surface area (Å²) < 4.78 is 32.4. The number of aromatic nitrogens is 1. The van der Waals surface area contributed by atoms with E-state index in [4.69, 9.17) is 4.74 Å². The van der Waals surface area contributed by atoms with Crippen LogP contribution in [0.2, 0.25) is 0 Å². The standard InChI is InChI=1S/C17H31N5O3S2/c1-3-18-17(19-8-7-15-13-26-14(2)22-15)20-9-11-27(23,24)21-12-16-6-4-5-10-25-16/h13,16,21H,3-12H2,1-2H3,(H2,18,19,20). The summed E-state index contributed by atoms with van der Waals surface area (Å²) in [6.45, 7) is 6.63. The first-order valence-corrected chi connectivity index (χ1v) is 12.0. The molecule has 3 N–H and O–H groups in total. The molecule has 0 amide bonds. The van der Waals surface area contributed by atoms with Crippen molar-refractivity contribution in [3.05, 3.63) is 16.1 Å². The van der Waals surface area contributed by atoms with Gasteiger partial charge in [-0.15, -0.1) is 11.3 Å². The Balaban J connectivity index is 1.71. The molecule has 10 heteroatoms. The molecule has 1 unspecified atom stereocenters. The van der Waals surface area contributed by atoms with Gasteiger partial charge in [-0.2, -0.15) is 0 Å². The minimum Gasteiger partial charge on any atom is -0.377 e. The Labute approximate surface area is 166 Å². The van der Waals surface area contributed by atoms with E-state index in [0.717, 1.165) is 43.0 Å². The molecule has 1 aliphatic heterocycles. The summed E-state index contributed by atoms with van der Waals surface area (Å²) in [6, 6.07) is 0. The zero-order chi connectivity index (χ0) is 19.5. The van der Waals surface area contributed by atoms with Crippen LogP contribution in [-0.4, -0.2) is 64.0 Å². The second-order valence-corrected chi connectivity index (χ2v) is 9.44. The zero-order valence-corrected chi connectivity index (χ0v) is 17.8. The Morgan fingerprint density at radius 1 is 1.41 bits per heavy atom. The normalized spacial score (nSPS) is 18.4. The number of hydrogen-bond acceptors (Lipinski definition) is 6. The van der Waals surface area contributed by atoms with Crippen molar-refractivity contribution in [3.63, 3.8) is 0 Å². The van der Waals surface area contributed by atoms with Gasteiger partial charge >= 0.3 is 0 Å². The van der Waals surface area contributed by atoms with E-state index >= 15 is 0 Å². The molecule has 1 aromatic rings. The number of guanidine groups is 1. The third-order valence-corrected chi connectivity index (χ3v) is 6.27. The van der Waals surface area contributed by atoms with Crippen LogP contribution in [0.25, 0.3) is 0 Å². The van der Waals surface area contributed by atoms with Gasteiger partial charge in [-0.05, 0) is 33.1 Å². The fraction of sp³-hybridized carbons (Fsp3) is 0.765. The van der Waals surface area contributed by atoms with Gasteiger partial charge in [0.05, 0.1) is 29.1 Å². The van der Waals surface area contributed by atoms with Gasteiger partial charge in [-0.25, -0.2) is 18.1 Å². The second-order valence-electron chi connectivity index (χ2n) is 6.45. The molecule has 1 atom stereocenters. The summed E-state index contributed by atoms with van der Waals surface area (Å²) in [7, 11) is -3.35. The first kappa shape index (κ1) is 22.1. The van der Waals surface area contributed by atoms with Crippen molar-refractivity contribution in [2.24, 2.45) is 4.99 Å². The van der Waals surface area contributed by atoms with E-state index < -0.39 is 10.0 Å². The number of aliphatic imine (C=N–C) groups is 1. The van der Waals surface area contributed by atoms with Crippen molar-refractivity contribution in [2.75, 3.05) is 38.5 Å². The van der Waals surface area contributed by atoms with E-state index in [1.807, 2.05) is 13.8 Å². The summed E-state index contributed by atoms with van der Waals surface area (Å²) in [5, 5.41) is 9.45. The number of rotatable bonds is 10. The molecule has 1 aliphatic rings. The van der Waals surface area contributed by atoms with E-state index in [0.29, 0.717) is 25.6 Å². The topological polar surface area (TPSA) is 105 Å². The van der Waals surface area contributed by atoms with Gasteiger partial charge in [0.25, 0.3) is 0 Å². The number of nitrogens with one attached hydrogen (secondary N) is 3. The van der Waals surface area contributed by atoms with Crippen LogP contribution < -0.4 is 15.4 Å². The van der Waals surface area contributed by atoms with Crippen LogP contribution in [0.5, 0.6) is 0 Å². The van der Waals surface area contributed by atoms with Gasteiger partial charge in [-0.3, -0.25) is 4.99 Å². The highest BCUT2D eigenvalue weighted by Crippen LogP contribution is 2.11. The van der Waals surface area contributed by atoms with Crippen LogP contribution in [0.3, 0.4) is 0 Å². The molecule has 1 aromatic heterocycles. The molecule has 1 saturated heterocycles. The molecule has 0 bridgehead atoms. The number of nitrogens with zero attached hydrogens (tertiary/aromatic N) is 2. The molecule has 0 spiro atoms. The van der Waals surface area contributed by atoms with Crippen LogP contribution in [0.4, 0.5) is 0 Å². The summed E-state index contributed by atoms with van der Waals surface area (Å²) >= 11 is 1.64. The second kappa shape index (κ2) is 11.6. The van der Waals surface area contributed by atoms with Crippen LogP contribution in [0.1, 0.15) is 36.9 Å². The van der Waals surface area contributed by atoms with Gasteiger partial charge in [0, 0.05) is 38.0 Å². The first-order chi connectivity index (χ1) is 13.0. The maximum atomic E-state index is 12.1. The SMILES string of the molecule is CCNC(=NCCS(=O)(=O)NCC1CCCCO1)NCCc1csc(C)n1. The van der Waals surface area contributed by atoms with Crippen molar-refractivity contribution in [1.29, 1.82) is 0 Å². The maximum Gasteiger partial charge on any atom is 0.213 e. The average molecular weight is 418 g/mol. The minimum absolute atomic E-state index is 0.00892. The monoisotopic (exact) mass is 417 g/mol. The molecule has 0 radical (unpaired) electrons. The number of aryl methyl sites for hydroxylation is 1. The van der Waals surface area contributed by atoms with Gasteiger partial charge in [0.15, 0.2) is 5.96 Å². The Kier molecular flexibility index (Phi) is 9.46. The van der Waals surface area contributed by atoms with Gasteiger partial charge < -0.3 is 15.4 Å². The van der Waals surface area contributed by atoms with Crippen LogP contribution >= 0.6 is 11.3 Å². The average Bonchev–Trinajstić information content (AvgIpc) is 3.06. The van der Waals surface area contributed by atoms with Crippen LogP contribution in [0.15, 0.2) is 10.4 Å². The quantitative estimate of drug-likeness (QED) is 0.388. The van der Waals surface area contributed by atoms with Crippen molar-refractivity contribution in [1.82, 2.24) is 20.3 Å². The predicted molar refractivity (Wildman–Crippen MR) is 110 cm³/mol. The van der Waals surface area contributed by atoms with Gasteiger partial charge in [0.2, 0.25) is 10.0 Å². The van der Waals surface area contributed by atoms with E-state index in [1.54, 1.807) is 11.3 Å². The largest absolute Gasteiger partial charge is 0.377 e. The van der Waals surface area contributed by atoms with Crippen LogP contribution in [-0.2, 0) is 21.2 Å². The Hall–Kier alpha value is -1.23. The number of ether oxygens (including phenoxy) is 1. The van der Waals surface area contributed by atoms with E-state index in [2.05, 4.69) is 30.7 Å². The van der Waals surface area contributed by atoms with Crippen molar-refractivity contribution in [3.8, 4) is 0 Å². The Bertz CT molecular complexity index is 684. The maximum absolute atomic E-state index is 12.1. The molecule has 2 heterocycles. The summed E-state index contributed by atoms with van der Waals surface area (Å²) in [5.41, 5.74) is 1.05. The summed E-state index contributed by atoms with van der Waals surface area (Å²) in [5.74, 6) is 0.581. The lowest BCUT2D eigenvalue weighted by atomic mass is 10.1. The molecule has 2 rings (SSSR count). The fourth-order valence-electron chi connectivity index (χ4n) is 2.71. The van der Waals surface area contributed by atoms with Crippen molar-refractivity contribution < 1.29 is 13.2 Å². The molecule has 27 heavy (non-hydrogen) atoms. The lowest BCUT2D eigenvalue weighted by Gasteiger charge is -2.22. The molecule has 8 nitrogen and oxygen atoms in total. The molecule has 0 aromatic carbocycles. The molecule has 154 valence electrons. The highest BCUT2D eigenvalue weighted by Gasteiger charge is 2.17. The molecule has 0 saturated carbocycles. The summed E-state index contributed by atoms with van der Waals surface area (Å²) in [6.07, 6.45) is 3.85. The van der Waals surface area contributed by atoms with Crippen LogP contribution in [0, 0.1) is 6.92 Å². The highest BCUT2D eigenvalue weighted by molar-refractivity contribution is 7.89. The molecular weight excluding hydrogens is 386 g/mol. The molecule has 1 fully saturated rings. The number of hydrogen-bond donors (Lipinski definition) is 3. The van der Waals surface area contributed by atoms with Crippen molar-refractivity contribution in [2.45, 2.75) is 45.6 Å². The lowest BCUT2D eigenvalue weighted by molar-refractivity contribution is 0.0200. The van der Waals surface area contributed by atoms with E-state index in [-0.39, 0.29) is 18.4 Å². The molecular formula is C17H31N5O3S2. The smallest absolute Gasteiger partial charge is 0.213 e. The van der Waals surface area contributed by atoms with Gasteiger partial charge in [-0.1, -0.05) is 0 Å². The van der Waals surface area contributed by atoms with Gasteiger partial charge in [0.1, 0.15) is 0 Å². The van der Waals surface area contributed by atoms with E-state index in [1.165, 1.54) is 0 Å². The fourth-order valence-corrected chi connectivity index (χ4v) is 4.27. The van der Waals surface area contributed by atoms with Crippen molar-refractivity contribution >= 4 is 27.3 Å². The highest BCUT2D eigenvalue weighted by atomic mass is 32.2. The first-order valence-electron chi connectivity index (χ1n) is 9.50. The zero-order valence-electron chi connectivity index (χ0n) is 16.2. The summed E-state index contributed by atoms with van der Waals surface area (Å²) in [4.78, 5) is 8.78.